The Morgan fingerprint density at radius 2 is 1.58 bits per heavy atom. The van der Waals surface area contributed by atoms with Gasteiger partial charge in [0, 0.05) is 6.07 Å². The maximum absolute atomic E-state index is 12.2. The fourth-order valence-electron chi connectivity index (χ4n) is 1.90. The Bertz CT molecular complexity index is 683. The second-order valence-corrected chi connectivity index (χ2v) is 4.87. The first-order chi connectivity index (χ1) is 8.99. The summed E-state index contributed by atoms with van der Waals surface area (Å²) in [6, 6.07) is 4.27. The smallest absolute Gasteiger partial charge is 0.267 e. The second kappa shape index (κ2) is 4.08. The van der Waals surface area contributed by atoms with Gasteiger partial charge >= 0.3 is 0 Å². The van der Waals surface area contributed by atoms with Gasteiger partial charge in [0.1, 0.15) is 5.76 Å². The lowest BCUT2D eigenvalue weighted by Gasteiger charge is -2.07. The van der Waals surface area contributed by atoms with E-state index in [0.717, 1.165) is 4.90 Å². The standard InChI is InChI=1S/C12H6Cl2N2O3/c1-5-2-10(15-19-5)16-11(17)6-3-8(13)9(14)4-7(6)12(16)18/h2-4H,1H3. The molecule has 1 aliphatic heterocycles. The first-order valence-electron chi connectivity index (χ1n) is 5.30. The summed E-state index contributed by atoms with van der Waals surface area (Å²) >= 11 is 11.7. The number of rotatable bonds is 1. The summed E-state index contributed by atoms with van der Waals surface area (Å²) < 4.78 is 4.87. The quantitative estimate of drug-likeness (QED) is 0.759. The van der Waals surface area contributed by atoms with Crippen molar-refractivity contribution in [1.29, 1.82) is 0 Å². The highest BCUT2D eigenvalue weighted by atomic mass is 35.5. The molecule has 0 saturated heterocycles. The molecule has 0 N–H and O–H groups in total. The molecule has 2 aromatic rings. The Labute approximate surface area is 117 Å². The monoisotopic (exact) mass is 296 g/mol. The van der Waals surface area contributed by atoms with Gasteiger partial charge in [-0.2, -0.15) is 0 Å². The van der Waals surface area contributed by atoms with E-state index in [1.165, 1.54) is 18.2 Å². The van der Waals surface area contributed by atoms with E-state index in [4.69, 9.17) is 27.7 Å². The molecule has 3 rings (SSSR count). The van der Waals surface area contributed by atoms with Crippen molar-refractivity contribution in [2.45, 2.75) is 6.92 Å². The highest BCUT2D eigenvalue weighted by Gasteiger charge is 2.39. The fourth-order valence-corrected chi connectivity index (χ4v) is 2.23. The van der Waals surface area contributed by atoms with Crippen molar-refractivity contribution in [2.75, 3.05) is 4.90 Å². The summed E-state index contributed by atoms with van der Waals surface area (Å²) in [5.41, 5.74) is 0.417. The number of benzene rings is 1. The molecule has 5 nitrogen and oxygen atoms in total. The molecule has 96 valence electrons. The highest BCUT2D eigenvalue weighted by molar-refractivity contribution is 6.44. The van der Waals surface area contributed by atoms with Crippen LogP contribution < -0.4 is 4.90 Å². The lowest BCUT2D eigenvalue weighted by molar-refractivity contribution is 0.0924. The largest absolute Gasteiger partial charge is 0.360 e. The van der Waals surface area contributed by atoms with Crippen molar-refractivity contribution in [3.63, 3.8) is 0 Å². The Balaban J connectivity index is 2.14. The van der Waals surface area contributed by atoms with Gasteiger partial charge in [-0.05, 0) is 19.1 Å². The minimum Gasteiger partial charge on any atom is -0.360 e. The maximum atomic E-state index is 12.2. The van der Waals surface area contributed by atoms with Gasteiger partial charge in [0.25, 0.3) is 11.8 Å². The number of carbonyl (C=O) groups excluding carboxylic acids is 2. The number of halogens is 2. The molecule has 0 saturated carbocycles. The van der Waals surface area contributed by atoms with Gasteiger partial charge in [-0.1, -0.05) is 28.4 Å². The number of imide groups is 1. The Hall–Kier alpha value is -1.85. The Morgan fingerprint density at radius 1 is 1.05 bits per heavy atom. The third-order valence-electron chi connectivity index (χ3n) is 2.77. The normalized spacial score (nSPS) is 14.2. The van der Waals surface area contributed by atoms with Crippen LogP contribution in [0.5, 0.6) is 0 Å². The van der Waals surface area contributed by atoms with Crippen molar-refractivity contribution in [3.05, 3.63) is 45.1 Å². The summed E-state index contributed by atoms with van der Waals surface area (Å²) in [4.78, 5) is 25.3. The number of fused-ring (bicyclic) bond motifs is 1. The van der Waals surface area contributed by atoms with E-state index in [9.17, 15) is 9.59 Å². The zero-order chi connectivity index (χ0) is 13.7. The van der Waals surface area contributed by atoms with Crippen molar-refractivity contribution < 1.29 is 14.1 Å². The van der Waals surface area contributed by atoms with Crippen LogP contribution in [0.4, 0.5) is 5.82 Å². The molecule has 0 unspecified atom stereocenters. The average Bonchev–Trinajstić information content (AvgIpc) is 2.86. The van der Waals surface area contributed by atoms with E-state index < -0.39 is 11.8 Å². The van der Waals surface area contributed by atoms with Crippen LogP contribution in [0.15, 0.2) is 22.7 Å². The van der Waals surface area contributed by atoms with Crippen LogP contribution in [-0.4, -0.2) is 17.0 Å². The summed E-state index contributed by atoms with van der Waals surface area (Å²) in [5, 5.41) is 4.11. The topological polar surface area (TPSA) is 63.4 Å². The van der Waals surface area contributed by atoms with E-state index in [0.29, 0.717) is 5.76 Å². The molecule has 1 aromatic heterocycles. The van der Waals surface area contributed by atoms with Gasteiger partial charge in [-0.25, -0.2) is 4.90 Å². The molecule has 0 atom stereocenters. The summed E-state index contributed by atoms with van der Waals surface area (Å²) in [6.07, 6.45) is 0. The van der Waals surface area contributed by atoms with Gasteiger partial charge in [0.05, 0.1) is 21.2 Å². The van der Waals surface area contributed by atoms with Crippen molar-refractivity contribution in [1.82, 2.24) is 5.16 Å². The molecule has 0 bridgehead atoms. The van der Waals surface area contributed by atoms with Crippen LogP contribution in [0, 0.1) is 6.92 Å². The van der Waals surface area contributed by atoms with Gasteiger partial charge in [-0.3, -0.25) is 9.59 Å². The number of aromatic nitrogens is 1. The molecule has 1 aliphatic rings. The molecule has 0 fully saturated rings. The molecule has 2 amide bonds. The van der Waals surface area contributed by atoms with Crippen molar-refractivity contribution in [3.8, 4) is 0 Å². The molecule has 0 radical (unpaired) electrons. The Kier molecular flexibility index (Phi) is 2.62. The third-order valence-corrected chi connectivity index (χ3v) is 3.49. The van der Waals surface area contributed by atoms with Crippen LogP contribution in [0.25, 0.3) is 0 Å². The van der Waals surface area contributed by atoms with Crippen LogP contribution in [0.2, 0.25) is 10.0 Å². The summed E-state index contributed by atoms with van der Waals surface area (Å²) in [6.45, 7) is 1.67. The fraction of sp³-hybridized carbons (Fsp3) is 0.0833. The minimum atomic E-state index is -0.494. The molecular weight excluding hydrogens is 291 g/mol. The molecule has 1 aromatic carbocycles. The highest BCUT2D eigenvalue weighted by Crippen LogP contribution is 2.33. The van der Waals surface area contributed by atoms with E-state index in [-0.39, 0.29) is 27.0 Å². The average molecular weight is 297 g/mol. The minimum absolute atomic E-state index is 0.149. The van der Waals surface area contributed by atoms with Crippen LogP contribution in [-0.2, 0) is 0 Å². The van der Waals surface area contributed by atoms with Gasteiger partial charge < -0.3 is 4.52 Å². The van der Waals surface area contributed by atoms with Crippen LogP contribution >= 0.6 is 23.2 Å². The van der Waals surface area contributed by atoms with Crippen molar-refractivity contribution >= 4 is 40.8 Å². The molecule has 0 spiro atoms. The number of aryl methyl sites for hydroxylation is 1. The third kappa shape index (κ3) is 1.74. The lowest BCUT2D eigenvalue weighted by atomic mass is 10.1. The molecular formula is C12H6Cl2N2O3. The summed E-state index contributed by atoms with van der Waals surface area (Å²) in [7, 11) is 0. The SMILES string of the molecule is Cc1cc(N2C(=O)c3cc(Cl)c(Cl)cc3C2=O)no1. The van der Waals surface area contributed by atoms with E-state index >= 15 is 0 Å². The molecule has 0 aliphatic carbocycles. The van der Waals surface area contributed by atoms with Gasteiger partial charge in [0.15, 0.2) is 5.82 Å². The molecule has 2 heterocycles. The molecule has 7 heteroatoms. The van der Waals surface area contributed by atoms with Crippen LogP contribution in [0.3, 0.4) is 0 Å². The lowest BCUT2D eigenvalue weighted by Crippen LogP contribution is -2.29. The predicted molar refractivity (Wildman–Crippen MR) is 68.8 cm³/mol. The zero-order valence-electron chi connectivity index (χ0n) is 9.61. The first kappa shape index (κ1) is 12.2. The molecule has 19 heavy (non-hydrogen) atoms. The van der Waals surface area contributed by atoms with E-state index in [1.807, 2.05) is 0 Å². The maximum Gasteiger partial charge on any atom is 0.267 e. The first-order valence-corrected chi connectivity index (χ1v) is 6.06. The Morgan fingerprint density at radius 3 is 2.00 bits per heavy atom. The van der Waals surface area contributed by atoms with Gasteiger partial charge in [0.2, 0.25) is 0 Å². The van der Waals surface area contributed by atoms with E-state index in [1.54, 1.807) is 6.92 Å². The summed E-state index contributed by atoms with van der Waals surface area (Å²) in [5.74, 6) is -0.336. The van der Waals surface area contributed by atoms with Crippen molar-refractivity contribution in [2.24, 2.45) is 0 Å². The number of hydrogen-bond donors (Lipinski definition) is 0. The van der Waals surface area contributed by atoms with Crippen LogP contribution in [0.1, 0.15) is 26.5 Å². The predicted octanol–water partition coefficient (Wildman–Crippen LogP) is 3.09. The number of nitrogens with zero attached hydrogens (tertiary/aromatic N) is 2. The number of amides is 2. The number of carbonyl (C=O) groups is 2. The second-order valence-electron chi connectivity index (χ2n) is 4.05. The number of hydrogen-bond acceptors (Lipinski definition) is 4. The number of anilines is 1. The zero-order valence-corrected chi connectivity index (χ0v) is 11.1. The van der Waals surface area contributed by atoms with E-state index in [2.05, 4.69) is 5.16 Å². The van der Waals surface area contributed by atoms with Gasteiger partial charge in [-0.15, -0.1) is 0 Å².